The molecule has 19 heavy (non-hydrogen) atoms. The Kier molecular flexibility index (Phi) is 4.48. The number of ether oxygens (including phenoxy) is 1. The molecule has 0 aliphatic rings. The lowest BCUT2D eigenvalue weighted by Gasteiger charge is -2.08. The van der Waals surface area contributed by atoms with Crippen LogP contribution in [0.25, 0.3) is 0 Å². The predicted molar refractivity (Wildman–Crippen MR) is 76.2 cm³/mol. The molecule has 2 rings (SSSR count). The lowest BCUT2D eigenvalue weighted by atomic mass is 10.3. The van der Waals surface area contributed by atoms with Gasteiger partial charge >= 0.3 is 6.01 Å². The molecule has 8 heteroatoms. The number of hydrogen-bond acceptors (Lipinski definition) is 7. The molecule has 100 valence electrons. The molecule has 2 aromatic rings. The van der Waals surface area contributed by atoms with Crippen molar-refractivity contribution in [2.45, 2.75) is 6.92 Å². The monoisotopic (exact) mass is 324 g/mol. The van der Waals surface area contributed by atoms with Crippen LogP contribution in [0.1, 0.15) is 6.92 Å². The summed E-state index contributed by atoms with van der Waals surface area (Å²) in [5, 5.41) is 3.05. The summed E-state index contributed by atoms with van der Waals surface area (Å²) >= 11 is 3.37. The zero-order valence-electron chi connectivity index (χ0n) is 10.2. The second-order valence-corrected chi connectivity index (χ2v) is 4.39. The third kappa shape index (κ3) is 3.76. The minimum Gasteiger partial charge on any atom is -0.464 e. The Morgan fingerprint density at radius 3 is 2.47 bits per heavy atom. The van der Waals surface area contributed by atoms with Crippen LogP contribution in [0.15, 0.2) is 28.7 Å². The minimum absolute atomic E-state index is 0.213. The van der Waals surface area contributed by atoms with Gasteiger partial charge in [-0.25, -0.2) is 5.84 Å². The average molecular weight is 325 g/mol. The van der Waals surface area contributed by atoms with Crippen molar-refractivity contribution in [2.75, 3.05) is 17.3 Å². The molecule has 7 nitrogen and oxygen atoms in total. The molecule has 0 aliphatic carbocycles. The Bertz CT molecular complexity index is 547. The molecular formula is C11H13BrN6O. The summed E-state index contributed by atoms with van der Waals surface area (Å²) in [6, 6.07) is 7.82. The van der Waals surface area contributed by atoms with Crippen molar-refractivity contribution < 1.29 is 4.74 Å². The van der Waals surface area contributed by atoms with Crippen molar-refractivity contribution in [1.82, 2.24) is 15.0 Å². The number of benzene rings is 1. The molecule has 0 spiro atoms. The number of hydrazine groups is 1. The average Bonchev–Trinajstić information content (AvgIpc) is 2.41. The van der Waals surface area contributed by atoms with Crippen LogP contribution in [0.2, 0.25) is 0 Å². The van der Waals surface area contributed by atoms with Crippen LogP contribution >= 0.6 is 15.9 Å². The van der Waals surface area contributed by atoms with Crippen LogP contribution in [-0.2, 0) is 0 Å². The van der Waals surface area contributed by atoms with Gasteiger partial charge in [-0.1, -0.05) is 15.9 Å². The zero-order chi connectivity index (χ0) is 13.7. The van der Waals surface area contributed by atoms with Crippen LogP contribution in [0.4, 0.5) is 17.6 Å². The van der Waals surface area contributed by atoms with E-state index in [9.17, 15) is 0 Å². The minimum atomic E-state index is 0.213. The Morgan fingerprint density at radius 2 is 1.84 bits per heavy atom. The summed E-state index contributed by atoms with van der Waals surface area (Å²) in [6.07, 6.45) is 0. The van der Waals surface area contributed by atoms with Gasteiger partial charge in [-0.3, -0.25) is 5.43 Å². The van der Waals surface area contributed by atoms with Gasteiger partial charge in [-0.2, -0.15) is 15.0 Å². The van der Waals surface area contributed by atoms with E-state index in [2.05, 4.69) is 41.6 Å². The number of rotatable bonds is 5. The van der Waals surface area contributed by atoms with Gasteiger partial charge in [0.2, 0.25) is 11.9 Å². The summed E-state index contributed by atoms with van der Waals surface area (Å²) < 4.78 is 6.23. The topological polar surface area (TPSA) is 98.0 Å². The second-order valence-electron chi connectivity index (χ2n) is 3.47. The van der Waals surface area contributed by atoms with E-state index in [4.69, 9.17) is 10.6 Å². The maximum absolute atomic E-state index is 5.30. The van der Waals surface area contributed by atoms with E-state index < -0.39 is 0 Å². The standard InChI is InChI=1S/C11H13BrN6O/c1-2-19-11-16-9(15-10(17-11)18-13)14-8-5-3-7(12)4-6-8/h3-6H,2,13H2,1H3,(H2,14,15,16,17,18). The molecule has 0 fully saturated rings. The van der Waals surface area contributed by atoms with E-state index in [-0.39, 0.29) is 12.0 Å². The number of nitrogens with two attached hydrogens (primary N) is 1. The van der Waals surface area contributed by atoms with Gasteiger partial charge in [-0.05, 0) is 31.2 Å². The number of hydrogen-bond donors (Lipinski definition) is 3. The SMILES string of the molecule is CCOc1nc(NN)nc(Nc2ccc(Br)cc2)n1. The van der Waals surface area contributed by atoms with E-state index in [1.165, 1.54) is 0 Å². The Labute approximate surface area is 118 Å². The van der Waals surface area contributed by atoms with E-state index in [0.717, 1.165) is 10.2 Å². The van der Waals surface area contributed by atoms with Gasteiger partial charge in [0.1, 0.15) is 0 Å². The van der Waals surface area contributed by atoms with Gasteiger partial charge in [0.15, 0.2) is 0 Å². The Balaban J connectivity index is 2.23. The summed E-state index contributed by atoms with van der Waals surface area (Å²) in [7, 11) is 0. The Hall–Kier alpha value is -1.93. The van der Waals surface area contributed by atoms with Crippen molar-refractivity contribution in [3.05, 3.63) is 28.7 Å². The van der Waals surface area contributed by atoms with Gasteiger partial charge in [-0.15, -0.1) is 0 Å². The van der Waals surface area contributed by atoms with E-state index in [1.807, 2.05) is 31.2 Å². The Morgan fingerprint density at radius 1 is 1.16 bits per heavy atom. The van der Waals surface area contributed by atoms with Crippen molar-refractivity contribution in [2.24, 2.45) is 5.84 Å². The molecule has 1 heterocycles. The van der Waals surface area contributed by atoms with Crippen LogP contribution in [0, 0.1) is 0 Å². The molecular weight excluding hydrogens is 312 g/mol. The molecule has 0 atom stereocenters. The van der Waals surface area contributed by atoms with Crippen LogP contribution in [0.5, 0.6) is 6.01 Å². The zero-order valence-corrected chi connectivity index (χ0v) is 11.8. The van der Waals surface area contributed by atoms with E-state index >= 15 is 0 Å². The maximum Gasteiger partial charge on any atom is 0.323 e. The lowest BCUT2D eigenvalue weighted by molar-refractivity contribution is 0.312. The highest BCUT2D eigenvalue weighted by Crippen LogP contribution is 2.18. The molecule has 0 saturated heterocycles. The summed E-state index contributed by atoms with van der Waals surface area (Å²) in [5.74, 6) is 5.89. The van der Waals surface area contributed by atoms with Crippen LogP contribution in [0.3, 0.4) is 0 Å². The first-order chi connectivity index (χ1) is 9.21. The molecule has 1 aromatic heterocycles. The third-order valence-electron chi connectivity index (χ3n) is 2.12. The van der Waals surface area contributed by atoms with Gasteiger partial charge in [0, 0.05) is 10.2 Å². The number of nitrogen functional groups attached to an aromatic ring is 1. The fourth-order valence-electron chi connectivity index (χ4n) is 1.33. The first kappa shape index (κ1) is 13.5. The fraction of sp³-hybridized carbons (Fsp3) is 0.182. The highest BCUT2D eigenvalue weighted by molar-refractivity contribution is 9.10. The van der Waals surface area contributed by atoms with E-state index in [0.29, 0.717) is 12.6 Å². The summed E-state index contributed by atoms with van der Waals surface area (Å²) in [5.41, 5.74) is 3.22. The number of nitrogens with one attached hydrogen (secondary N) is 2. The van der Waals surface area contributed by atoms with Crippen LogP contribution < -0.4 is 21.3 Å². The number of aromatic nitrogens is 3. The molecule has 0 amide bonds. The van der Waals surface area contributed by atoms with Crippen LogP contribution in [-0.4, -0.2) is 21.6 Å². The molecule has 0 aliphatic heterocycles. The highest BCUT2D eigenvalue weighted by atomic mass is 79.9. The number of halogens is 1. The van der Waals surface area contributed by atoms with Crippen molar-refractivity contribution >= 4 is 33.5 Å². The third-order valence-corrected chi connectivity index (χ3v) is 2.65. The quantitative estimate of drug-likeness (QED) is 0.572. The smallest absolute Gasteiger partial charge is 0.323 e. The maximum atomic E-state index is 5.30. The van der Waals surface area contributed by atoms with Gasteiger partial charge in [0.05, 0.1) is 6.61 Å². The molecule has 0 radical (unpaired) electrons. The molecule has 1 aromatic carbocycles. The number of nitrogens with zero attached hydrogens (tertiary/aromatic N) is 3. The van der Waals surface area contributed by atoms with Crippen molar-refractivity contribution in [3.63, 3.8) is 0 Å². The number of anilines is 3. The van der Waals surface area contributed by atoms with Crippen molar-refractivity contribution in [1.29, 1.82) is 0 Å². The molecule has 4 N–H and O–H groups in total. The summed E-state index contributed by atoms with van der Waals surface area (Å²) in [4.78, 5) is 12.2. The molecule has 0 bridgehead atoms. The van der Waals surface area contributed by atoms with E-state index in [1.54, 1.807) is 0 Å². The first-order valence-corrected chi connectivity index (χ1v) is 6.38. The first-order valence-electron chi connectivity index (χ1n) is 5.59. The van der Waals surface area contributed by atoms with Gasteiger partial charge in [0.25, 0.3) is 0 Å². The van der Waals surface area contributed by atoms with Crippen molar-refractivity contribution in [3.8, 4) is 6.01 Å². The summed E-state index contributed by atoms with van der Waals surface area (Å²) in [6.45, 7) is 2.31. The molecule has 0 unspecified atom stereocenters. The second kappa shape index (κ2) is 6.30. The normalized spacial score (nSPS) is 10.1. The largest absolute Gasteiger partial charge is 0.464 e. The fourth-order valence-corrected chi connectivity index (χ4v) is 1.60. The predicted octanol–water partition coefficient (Wildman–Crippen LogP) is 2.06. The molecule has 0 saturated carbocycles. The van der Waals surface area contributed by atoms with Gasteiger partial charge < -0.3 is 10.1 Å². The lowest BCUT2D eigenvalue weighted by Crippen LogP contribution is -2.13. The highest BCUT2D eigenvalue weighted by Gasteiger charge is 2.06.